The van der Waals surface area contributed by atoms with E-state index in [0.717, 1.165) is 5.39 Å². The molecule has 0 bridgehead atoms. The Hall–Kier alpha value is -0.788. The zero-order valence-corrected chi connectivity index (χ0v) is 15.6. The van der Waals surface area contributed by atoms with Crippen LogP contribution in [-0.2, 0) is 4.74 Å². The van der Waals surface area contributed by atoms with Crippen LogP contribution < -0.4 is 4.74 Å². The smallest absolute Gasteiger partial charge is 0.338 e. The number of methoxy groups -OCH3 is 1. The second kappa shape index (κ2) is 7.12. The first-order valence-corrected chi connectivity index (χ1v) is 5.63. The van der Waals surface area contributed by atoms with Crippen molar-refractivity contribution < 1.29 is 63.4 Å². The number of phenols is 1. The van der Waals surface area contributed by atoms with Gasteiger partial charge in [0.1, 0.15) is 11.5 Å². The molecule has 4 nitrogen and oxygen atoms in total. The summed E-state index contributed by atoms with van der Waals surface area (Å²) in [6, 6.07) is 8.37. The van der Waals surface area contributed by atoms with Crippen LogP contribution in [0.15, 0.2) is 30.3 Å². The van der Waals surface area contributed by atoms with Gasteiger partial charge in [0, 0.05) is 49.4 Å². The van der Waals surface area contributed by atoms with Crippen LogP contribution >= 0.6 is 0 Å². The Bertz CT molecular complexity index is 595. The Morgan fingerprint density at radius 1 is 1.26 bits per heavy atom. The van der Waals surface area contributed by atoms with E-state index in [1.807, 2.05) is 0 Å². The Morgan fingerprint density at radius 2 is 2.00 bits per heavy atom. The fraction of sp³-hybridized carbons (Fsp3) is 0.214. The molecule has 0 amide bonds. The van der Waals surface area contributed by atoms with Crippen LogP contribution in [0.25, 0.3) is 10.8 Å². The van der Waals surface area contributed by atoms with E-state index in [1.54, 1.807) is 38.3 Å². The van der Waals surface area contributed by atoms with E-state index < -0.39 is 5.97 Å². The number of aromatic hydroxyl groups is 1. The number of carbonyl (C=O) groups is 1. The van der Waals surface area contributed by atoms with Crippen molar-refractivity contribution in [2.45, 2.75) is 6.92 Å². The number of fused-ring (bicyclic) bond motifs is 1. The molecule has 0 spiro atoms. The summed E-state index contributed by atoms with van der Waals surface area (Å²) in [5.74, 6) is 0.252. The molecule has 0 aliphatic heterocycles. The second-order valence-corrected chi connectivity index (χ2v) is 3.80. The number of hydrogen-bond donors (Lipinski definition) is 1. The SMILES string of the molecule is CCOC(=O)c1cc(O)c2cc(OC)ccc2c1.[Ac]. The van der Waals surface area contributed by atoms with Gasteiger partial charge >= 0.3 is 5.97 Å². The van der Waals surface area contributed by atoms with Gasteiger partial charge in [0.2, 0.25) is 0 Å². The molecule has 19 heavy (non-hydrogen) atoms. The van der Waals surface area contributed by atoms with Crippen LogP contribution in [-0.4, -0.2) is 24.8 Å². The van der Waals surface area contributed by atoms with Crippen molar-refractivity contribution in [3.8, 4) is 11.5 Å². The summed E-state index contributed by atoms with van der Waals surface area (Å²) in [5.41, 5.74) is 0.340. The van der Waals surface area contributed by atoms with Crippen LogP contribution in [0.3, 0.4) is 0 Å². The topological polar surface area (TPSA) is 55.8 Å². The Balaban J connectivity index is 0.00000180. The van der Waals surface area contributed by atoms with E-state index in [9.17, 15) is 9.90 Å². The average molecular weight is 473 g/mol. The number of esters is 1. The van der Waals surface area contributed by atoms with Crippen LogP contribution in [0.2, 0.25) is 0 Å². The van der Waals surface area contributed by atoms with Gasteiger partial charge in [0.15, 0.2) is 0 Å². The molecule has 97 valence electrons. The van der Waals surface area contributed by atoms with Gasteiger partial charge in [-0.25, -0.2) is 4.79 Å². The second-order valence-electron chi connectivity index (χ2n) is 3.80. The van der Waals surface area contributed by atoms with E-state index >= 15 is 0 Å². The molecule has 0 atom stereocenters. The third-order valence-corrected chi connectivity index (χ3v) is 2.65. The number of ether oxygens (including phenoxy) is 2. The van der Waals surface area contributed by atoms with Gasteiger partial charge in [-0.15, -0.1) is 0 Å². The first kappa shape index (κ1) is 16.3. The number of hydrogen-bond acceptors (Lipinski definition) is 4. The van der Waals surface area contributed by atoms with Gasteiger partial charge < -0.3 is 14.6 Å². The predicted molar refractivity (Wildman–Crippen MR) is 68.1 cm³/mol. The largest absolute Gasteiger partial charge is 0.507 e. The molecule has 2 rings (SSSR count). The molecule has 0 aromatic heterocycles. The van der Waals surface area contributed by atoms with E-state index in [0.29, 0.717) is 23.3 Å². The van der Waals surface area contributed by atoms with E-state index in [4.69, 9.17) is 9.47 Å². The zero-order chi connectivity index (χ0) is 13.1. The third kappa shape index (κ3) is 3.61. The quantitative estimate of drug-likeness (QED) is 0.697. The predicted octanol–water partition coefficient (Wildman–Crippen LogP) is 2.73. The number of benzene rings is 2. The van der Waals surface area contributed by atoms with Crippen molar-refractivity contribution in [2.24, 2.45) is 0 Å². The molecule has 1 radical (unpaired) electrons. The summed E-state index contributed by atoms with van der Waals surface area (Å²) in [6.07, 6.45) is 0. The fourth-order valence-corrected chi connectivity index (χ4v) is 1.78. The standard InChI is InChI=1S/C14H14O4.Ac/c1-3-18-14(16)10-6-9-4-5-11(17-2)8-12(9)13(15)7-10;/h4-8,15H,3H2,1-2H3;. The minimum Gasteiger partial charge on any atom is -0.507 e. The van der Waals surface area contributed by atoms with Gasteiger partial charge in [-0.1, -0.05) is 6.07 Å². The molecule has 1 N–H and O–H groups in total. The van der Waals surface area contributed by atoms with Crippen molar-refractivity contribution in [1.82, 2.24) is 0 Å². The third-order valence-electron chi connectivity index (χ3n) is 2.65. The fourth-order valence-electron chi connectivity index (χ4n) is 1.78. The van der Waals surface area contributed by atoms with E-state index in [2.05, 4.69) is 0 Å². The molecule has 0 aliphatic carbocycles. The van der Waals surface area contributed by atoms with Crippen LogP contribution in [0, 0.1) is 44.1 Å². The van der Waals surface area contributed by atoms with Gasteiger partial charge in [-0.3, -0.25) is 0 Å². The maximum atomic E-state index is 11.6. The number of carbonyl (C=O) groups excluding carboxylic acids is 1. The number of rotatable bonds is 3. The minimum absolute atomic E-state index is 0. The number of phenolic OH excluding ortho intramolecular Hbond substituents is 1. The molecule has 0 fully saturated rings. The average Bonchev–Trinajstić information content (AvgIpc) is 2.38. The summed E-state index contributed by atoms with van der Waals surface area (Å²) in [7, 11) is 1.56. The van der Waals surface area contributed by atoms with E-state index in [1.165, 1.54) is 6.07 Å². The Labute approximate surface area is 147 Å². The van der Waals surface area contributed by atoms with Crippen molar-refractivity contribution >= 4 is 16.7 Å². The first-order valence-electron chi connectivity index (χ1n) is 5.63. The Morgan fingerprint density at radius 3 is 2.63 bits per heavy atom. The zero-order valence-electron chi connectivity index (χ0n) is 10.8. The molecule has 2 aromatic rings. The van der Waals surface area contributed by atoms with E-state index in [-0.39, 0.29) is 49.8 Å². The molecule has 0 unspecified atom stereocenters. The molecule has 0 saturated heterocycles. The van der Waals surface area contributed by atoms with Crippen molar-refractivity contribution in [3.05, 3.63) is 35.9 Å². The molecular formula is C14H14AcO4. The molecule has 0 aliphatic rings. The summed E-state index contributed by atoms with van der Waals surface area (Å²) in [6.45, 7) is 2.05. The van der Waals surface area contributed by atoms with Gasteiger partial charge in [0.25, 0.3) is 0 Å². The molecular weight excluding hydrogens is 459 g/mol. The maximum absolute atomic E-state index is 11.6. The van der Waals surface area contributed by atoms with Crippen molar-refractivity contribution in [2.75, 3.05) is 13.7 Å². The van der Waals surface area contributed by atoms with Gasteiger partial charge in [0.05, 0.1) is 19.3 Å². The van der Waals surface area contributed by atoms with Crippen LogP contribution in [0.1, 0.15) is 17.3 Å². The summed E-state index contributed by atoms with van der Waals surface area (Å²) in [4.78, 5) is 11.6. The minimum atomic E-state index is -0.439. The normalized spacial score (nSPS) is 9.79. The summed E-state index contributed by atoms with van der Waals surface area (Å²) < 4.78 is 9.99. The first-order chi connectivity index (χ1) is 8.65. The molecule has 5 heteroatoms. The summed E-state index contributed by atoms with van der Waals surface area (Å²) in [5, 5.41) is 11.3. The maximum Gasteiger partial charge on any atom is 0.338 e. The molecule has 0 saturated carbocycles. The van der Waals surface area contributed by atoms with Gasteiger partial charge in [-0.2, -0.15) is 0 Å². The van der Waals surface area contributed by atoms with Crippen molar-refractivity contribution in [1.29, 1.82) is 0 Å². The summed E-state index contributed by atoms with van der Waals surface area (Å²) >= 11 is 0. The molecule has 2 aromatic carbocycles. The molecule has 0 heterocycles. The van der Waals surface area contributed by atoms with Crippen LogP contribution in [0.5, 0.6) is 11.5 Å². The van der Waals surface area contributed by atoms with Crippen LogP contribution in [0.4, 0.5) is 0 Å². The Kier molecular flexibility index (Phi) is 6.09. The van der Waals surface area contributed by atoms with Crippen molar-refractivity contribution in [3.63, 3.8) is 0 Å². The monoisotopic (exact) mass is 473 g/mol. The van der Waals surface area contributed by atoms with Gasteiger partial charge in [-0.05, 0) is 36.6 Å².